The van der Waals surface area contributed by atoms with E-state index in [1.807, 2.05) is 19.2 Å². The van der Waals surface area contributed by atoms with Gasteiger partial charge in [0, 0.05) is 31.4 Å². The minimum atomic E-state index is -0.369. The van der Waals surface area contributed by atoms with Crippen LogP contribution in [-0.4, -0.2) is 23.4 Å². The number of anilines is 1. The molecule has 2 rings (SSSR count). The molecule has 1 aromatic carbocycles. The predicted octanol–water partition coefficient (Wildman–Crippen LogP) is 3.25. The standard InChI is InChI=1S/C15H19N3O3/c1-3-17(11-14-5-4-8-21-14)10-12-9-13(18(19)20)6-7-15(12)16-2/h4-9,16H,3,10-11H2,1-2H3. The van der Waals surface area contributed by atoms with Gasteiger partial charge in [0.15, 0.2) is 0 Å². The van der Waals surface area contributed by atoms with Crippen LogP contribution in [0.1, 0.15) is 18.2 Å². The van der Waals surface area contributed by atoms with Crippen LogP contribution in [0, 0.1) is 10.1 Å². The fourth-order valence-electron chi connectivity index (χ4n) is 2.21. The third kappa shape index (κ3) is 3.82. The summed E-state index contributed by atoms with van der Waals surface area (Å²) in [6, 6.07) is 8.66. The molecule has 0 saturated carbocycles. The lowest BCUT2D eigenvalue weighted by molar-refractivity contribution is -0.384. The summed E-state index contributed by atoms with van der Waals surface area (Å²) in [5.41, 5.74) is 1.91. The number of nitrogens with zero attached hydrogens (tertiary/aromatic N) is 2. The average Bonchev–Trinajstić information content (AvgIpc) is 2.99. The monoisotopic (exact) mass is 289 g/mol. The molecule has 0 aliphatic rings. The van der Waals surface area contributed by atoms with Gasteiger partial charge in [0.25, 0.3) is 5.69 Å². The van der Waals surface area contributed by atoms with Crippen LogP contribution in [0.4, 0.5) is 11.4 Å². The quantitative estimate of drug-likeness (QED) is 0.625. The molecule has 0 atom stereocenters. The number of nitrogens with one attached hydrogen (secondary N) is 1. The first kappa shape index (κ1) is 15.1. The maximum absolute atomic E-state index is 10.9. The first-order valence-corrected chi connectivity index (χ1v) is 6.83. The van der Waals surface area contributed by atoms with Crippen LogP contribution in [0.3, 0.4) is 0 Å². The molecule has 6 nitrogen and oxygen atoms in total. The van der Waals surface area contributed by atoms with Gasteiger partial charge in [0.05, 0.1) is 17.7 Å². The van der Waals surface area contributed by atoms with Crippen molar-refractivity contribution in [2.75, 3.05) is 18.9 Å². The summed E-state index contributed by atoms with van der Waals surface area (Å²) in [7, 11) is 1.81. The second-order valence-electron chi connectivity index (χ2n) is 4.73. The number of furan rings is 1. The van der Waals surface area contributed by atoms with Gasteiger partial charge in [-0.05, 0) is 30.3 Å². The lowest BCUT2D eigenvalue weighted by Gasteiger charge is -2.20. The zero-order valence-corrected chi connectivity index (χ0v) is 12.2. The van der Waals surface area contributed by atoms with Gasteiger partial charge in [-0.2, -0.15) is 0 Å². The van der Waals surface area contributed by atoms with Crippen molar-refractivity contribution in [1.29, 1.82) is 0 Å². The van der Waals surface area contributed by atoms with Gasteiger partial charge in [-0.25, -0.2) is 0 Å². The van der Waals surface area contributed by atoms with Crippen molar-refractivity contribution in [3.8, 4) is 0 Å². The van der Waals surface area contributed by atoms with Crippen molar-refractivity contribution in [3.05, 3.63) is 58.0 Å². The summed E-state index contributed by atoms with van der Waals surface area (Å²) < 4.78 is 5.36. The lowest BCUT2D eigenvalue weighted by Crippen LogP contribution is -2.22. The van der Waals surface area contributed by atoms with E-state index < -0.39 is 0 Å². The van der Waals surface area contributed by atoms with Gasteiger partial charge in [-0.15, -0.1) is 0 Å². The highest BCUT2D eigenvalue weighted by molar-refractivity contribution is 5.55. The highest BCUT2D eigenvalue weighted by Gasteiger charge is 2.13. The minimum absolute atomic E-state index is 0.109. The molecule has 0 amide bonds. The Morgan fingerprint density at radius 2 is 2.14 bits per heavy atom. The molecule has 112 valence electrons. The Hall–Kier alpha value is -2.34. The zero-order chi connectivity index (χ0) is 15.2. The Kier molecular flexibility index (Phi) is 4.94. The third-order valence-electron chi connectivity index (χ3n) is 3.37. The molecule has 21 heavy (non-hydrogen) atoms. The van der Waals surface area contributed by atoms with Crippen LogP contribution in [-0.2, 0) is 13.1 Å². The molecule has 1 aromatic heterocycles. The fraction of sp³-hybridized carbons (Fsp3) is 0.333. The van der Waals surface area contributed by atoms with Crippen molar-refractivity contribution in [3.63, 3.8) is 0 Å². The second kappa shape index (κ2) is 6.90. The molecular weight excluding hydrogens is 270 g/mol. The van der Waals surface area contributed by atoms with Crippen LogP contribution in [0.25, 0.3) is 0 Å². The number of hydrogen-bond acceptors (Lipinski definition) is 5. The Morgan fingerprint density at radius 1 is 1.33 bits per heavy atom. The third-order valence-corrected chi connectivity index (χ3v) is 3.37. The van der Waals surface area contributed by atoms with Crippen molar-refractivity contribution in [2.45, 2.75) is 20.0 Å². The van der Waals surface area contributed by atoms with E-state index in [0.717, 1.165) is 23.6 Å². The van der Waals surface area contributed by atoms with Gasteiger partial charge in [-0.1, -0.05) is 6.92 Å². The molecule has 0 saturated heterocycles. The van der Waals surface area contributed by atoms with Gasteiger partial charge in [-0.3, -0.25) is 15.0 Å². The Balaban J connectivity index is 2.18. The fourth-order valence-corrected chi connectivity index (χ4v) is 2.21. The highest BCUT2D eigenvalue weighted by Crippen LogP contribution is 2.23. The van der Waals surface area contributed by atoms with Gasteiger partial charge < -0.3 is 9.73 Å². The highest BCUT2D eigenvalue weighted by atomic mass is 16.6. The SMILES string of the molecule is CCN(Cc1ccco1)Cc1cc([N+](=O)[O-])ccc1NC. The first-order chi connectivity index (χ1) is 10.1. The Bertz CT molecular complexity index is 596. The summed E-state index contributed by atoms with van der Waals surface area (Å²) in [6.07, 6.45) is 1.65. The summed E-state index contributed by atoms with van der Waals surface area (Å²) >= 11 is 0. The largest absolute Gasteiger partial charge is 0.468 e. The topological polar surface area (TPSA) is 71.5 Å². The molecule has 0 aliphatic heterocycles. The summed E-state index contributed by atoms with van der Waals surface area (Å²) in [4.78, 5) is 12.7. The summed E-state index contributed by atoms with van der Waals surface area (Å²) in [6.45, 7) is 4.18. The predicted molar refractivity (Wildman–Crippen MR) is 81.1 cm³/mol. The van der Waals surface area contributed by atoms with E-state index in [-0.39, 0.29) is 10.6 Å². The van der Waals surface area contributed by atoms with Crippen LogP contribution in [0.2, 0.25) is 0 Å². The maximum Gasteiger partial charge on any atom is 0.269 e. The van der Waals surface area contributed by atoms with Crippen molar-refractivity contribution < 1.29 is 9.34 Å². The maximum atomic E-state index is 10.9. The number of rotatable bonds is 7. The number of nitro groups is 1. The van der Waals surface area contributed by atoms with E-state index in [9.17, 15) is 10.1 Å². The van der Waals surface area contributed by atoms with E-state index in [0.29, 0.717) is 13.1 Å². The smallest absolute Gasteiger partial charge is 0.269 e. The van der Waals surface area contributed by atoms with Crippen molar-refractivity contribution >= 4 is 11.4 Å². The van der Waals surface area contributed by atoms with Gasteiger partial charge >= 0.3 is 0 Å². The molecule has 2 aromatic rings. The van der Waals surface area contributed by atoms with Crippen molar-refractivity contribution in [1.82, 2.24) is 4.90 Å². The Morgan fingerprint density at radius 3 is 2.71 bits per heavy atom. The molecular formula is C15H19N3O3. The van der Waals surface area contributed by atoms with Crippen molar-refractivity contribution in [2.24, 2.45) is 0 Å². The van der Waals surface area contributed by atoms with Crippen LogP contribution >= 0.6 is 0 Å². The van der Waals surface area contributed by atoms with Gasteiger partial charge in [0.1, 0.15) is 5.76 Å². The van der Waals surface area contributed by atoms with Crippen LogP contribution < -0.4 is 5.32 Å². The zero-order valence-electron chi connectivity index (χ0n) is 12.2. The summed E-state index contributed by atoms with van der Waals surface area (Å²) in [5.74, 6) is 0.883. The Labute approximate surface area is 123 Å². The number of non-ortho nitro benzene ring substituents is 1. The van der Waals surface area contributed by atoms with Crippen LogP contribution in [0.5, 0.6) is 0 Å². The van der Waals surface area contributed by atoms with E-state index in [1.54, 1.807) is 18.4 Å². The molecule has 0 bridgehead atoms. The van der Waals surface area contributed by atoms with Crippen LogP contribution in [0.15, 0.2) is 41.0 Å². The molecule has 0 aliphatic carbocycles. The van der Waals surface area contributed by atoms with E-state index in [2.05, 4.69) is 17.1 Å². The molecule has 0 fully saturated rings. The molecule has 0 unspecified atom stereocenters. The number of nitro benzene ring substituents is 1. The molecule has 6 heteroatoms. The normalized spacial score (nSPS) is 10.8. The lowest BCUT2D eigenvalue weighted by atomic mass is 10.1. The van der Waals surface area contributed by atoms with E-state index in [4.69, 9.17) is 4.42 Å². The molecule has 0 spiro atoms. The number of benzene rings is 1. The average molecular weight is 289 g/mol. The number of hydrogen-bond donors (Lipinski definition) is 1. The molecule has 0 radical (unpaired) electrons. The van der Waals surface area contributed by atoms with E-state index >= 15 is 0 Å². The second-order valence-corrected chi connectivity index (χ2v) is 4.73. The molecule has 1 heterocycles. The summed E-state index contributed by atoms with van der Waals surface area (Å²) in [5, 5.41) is 14.0. The first-order valence-electron chi connectivity index (χ1n) is 6.83. The van der Waals surface area contributed by atoms with E-state index in [1.165, 1.54) is 6.07 Å². The van der Waals surface area contributed by atoms with Gasteiger partial charge in [0.2, 0.25) is 0 Å². The molecule has 1 N–H and O–H groups in total. The minimum Gasteiger partial charge on any atom is -0.468 e.